The molecule has 0 fully saturated rings. The van der Waals surface area contributed by atoms with Crippen molar-refractivity contribution >= 4 is 42.1 Å². The molecule has 0 spiro atoms. The van der Waals surface area contributed by atoms with E-state index in [4.69, 9.17) is 5.73 Å². The topological polar surface area (TPSA) is 80.9 Å². The van der Waals surface area contributed by atoms with Crippen LogP contribution in [-0.4, -0.2) is 28.5 Å². The van der Waals surface area contributed by atoms with Gasteiger partial charge in [-0.25, -0.2) is 4.98 Å². The van der Waals surface area contributed by atoms with E-state index >= 15 is 0 Å². The highest BCUT2D eigenvalue weighted by Crippen LogP contribution is 2.21. The summed E-state index contributed by atoms with van der Waals surface area (Å²) in [5.41, 5.74) is 6.90. The van der Waals surface area contributed by atoms with Crippen LogP contribution in [0.4, 0.5) is 0 Å². The van der Waals surface area contributed by atoms with Crippen LogP contribution in [0.5, 0.6) is 0 Å². The molecule has 1 unspecified atom stereocenters. The zero-order valence-corrected chi connectivity index (χ0v) is 15.5. The lowest BCUT2D eigenvalue weighted by molar-refractivity contribution is 0.0929. The molecule has 128 valence electrons. The van der Waals surface area contributed by atoms with Gasteiger partial charge < -0.3 is 11.1 Å². The molecule has 0 aliphatic carbocycles. The Labute approximate surface area is 152 Å². The van der Waals surface area contributed by atoms with E-state index in [-0.39, 0.29) is 36.8 Å². The van der Waals surface area contributed by atoms with Crippen molar-refractivity contribution in [3.8, 4) is 10.7 Å². The number of rotatable bonds is 6. The van der Waals surface area contributed by atoms with Gasteiger partial charge in [0.15, 0.2) is 0 Å². The van der Waals surface area contributed by atoms with Gasteiger partial charge in [-0.05, 0) is 24.5 Å². The van der Waals surface area contributed by atoms with E-state index in [1.54, 1.807) is 11.6 Å². The summed E-state index contributed by atoms with van der Waals surface area (Å²) in [6.07, 6.45) is 2.57. The van der Waals surface area contributed by atoms with Gasteiger partial charge in [0.25, 0.3) is 5.91 Å². The molecule has 5 nitrogen and oxygen atoms in total. The molecule has 0 radical (unpaired) electrons. The highest BCUT2D eigenvalue weighted by atomic mass is 35.5. The molecule has 0 aromatic carbocycles. The third-order valence-corrected chi connectivity index (χ3v) is 3.86. The minimum Gasteiger partial charge on any atom is -0.347 e. The van der Waals surface area contributed by atoms with Gasteiger partial charge in [0, 0.05) is 24.2 Å². The number of hydrogen-bond donors (Lipinski definition) is 2. The summed E-state index contributed by atoms with van der Waals surface area (Å²) in [7, 11) is 0. The van der Waals surface area contributed by atoms with Gasteiger partial charge in [-0.15, -0.1) is 36.2 Å². The molecule has 0 saturated carbocycles. The van der Waals surface area contributed by atoms with Crippen LogP contribution < -0.4 is 11.1 Å². The van der Waals surface area contributed by atoms with Gasteiger partial charge in [0.1, 0.15) is 10.7 Å². The summed E-state index contributed by atoms with van der Waals surface area (Å²) in [6, 6.07) is 5.61. The molecule has 1 amide bonds. The average Bonchev–Trinajstić information content (AvgIpc) is 2.97. The zero-order chi connectivity index (χ0) is 15.2. The Hall–Kier alpha value is -1.21. The molecule has 0 bridgehead atoms. The average molecular weight is 377 g/mol. The lowest BCUT2D eigenvalue weighted by atomic mass is 10.0. The van der Waals surface area contributed by atoms with Crippen molar-refractivity contribution in [1.29, 1.82) is 0 Å². The van der Waals surface area contributed by atoms with E-state index in [9.17, 15) is 4.79 Å². The van der Waals surface area contributed by atoms with Crippen molar-refractivity contribution in [2.45, 2.75) is 26.3 Å². The maximum Gasteiger partial charge on any atom is 0.271 e. The fourth-order valence-electron chi connectivity index (χ4n) is 2.03. The van der Waals surface area contributed by atoms with Crippen LogP contribution in [0.15, 0.2) is 29.8 Å². The number of nitrogens with zero attached hydrogens (tertiary/aromatic N) is 2. The number of nitrogens with one attached hydrogen (secondary N) is 1. The van der Waals surface area contributed by atoms with Gasteiger partial charge in [-0.2, -0.15) is 0 Å². The Morgan fingerprint density at radius 3 is 2.65 bits per heavy atom. The van der Waals surface area contributed by atoms with Gasteiger partial charge in [-0.1, -0.05) is 19.9 Å². The molecule has 1 atom stereocenters. The van der Waals surface area contributed by atoms with Crippen molar-refractivity contribution in [3.63, 3.8) is 0 Å². The second-order valence-corrected chi connectivity index (χ2v) is 6.15. The summed E-state index contributed by atoms with van der Waals surface area (Å²) in [5.74, 6) is 0.308. The molecule has 3 N–H and O–H groups in total. The van der Waals surface area contributed by atoms with Crippen molar-refractivity contribution in [2.24, 2.45) is 11.7 Å². The number of pyridine rings is 1. The minimum atomic E-state index is -0.176. The largest absolute Gasteiger partial charge is 0.347 e. The predicted octanol–water partition coefficient (Wildman–Crippen LogP) is 3.15. The first kappa shape index (κ1) is 21.8. The Morgan fingerprint density at radius 2 is 2.09 bits per heavy atom. The van der Waals surface area contributed by atoms with Crippen molar-refractivity contribution in [2.75, 3.05) is 6.54 Å². The van der Waals surface area contributed by atoms with Gasteiger partial charge in [-0.3, -0.25) is 9.78 Å². The highest BCUT2D eigenvalue weighted by molar-refractivity contribution is 7.13. The third-order valence-electron chi connectivity index (χ3n) is 3.00. The van der Waals surface area contributed by atoms with Crippen molar-refractivity contribution in [1.82, 2.24) is 15.3 Å². The molecule has 0 aliphatic heterocycles. The smallest absolute Gasteiger partial charge is 0.271 e. The first-order valence-corrected chi connectivity index (χ1v) is 7.86. The van der Waals surface area contributed by atoms with Gasteiger partial charge >= 0.3 is 0 Å². The van der Waals surface area contributed by atoms with E-state index in [2.05, 4.69) is 29.1 Å². The minimum absolute atomic E-state index is 0. The van der Waals surface area contributed by atoms with Gasteiger partial charge in [0.2, 0.25) is 0 Å². The first-order valence-electron chi connectivity index (χ1n) is 6.98. The summed E-state index contributed by atoms with van der Waals surface area (Å²) in [4.78, 5) is 20.8. The molecular formula is C15H22Cl2N4OS. The van der Waals surface area contributed by atoms with E-state index in [1.165, 1.54) is 11.3 Å². The SMILES string of the molecule is CC(C)CC(CN)NC(=O)c1csc(-c2ccccn2)n1.Cl.Cl. The summed E-state index contributed by atoms with van der Waals surface area (Å²) in [6.45, 7) is 4.65. The van der Waals surface area contributed by atoms with E-state index in [0.717, 1.165) is 17.1 Å². The first-order chi connectivity index (χ1) is 10.1. The Kier molecular flexibility index (Phi) is 9.99. The number of thiazole rings is 1. The van der Waals surface area contributed by atoms with Crippen molar-refractivity contribution < 1.29 is 4.79 Å². The lowest BCUT2D eigenvalue weighted by Gasteiger charge is -2.18. The maximum absolute atomic E-state index is 12.2. The highest BCUT2D eigenvalue weighted by Gasteiger charge is 2.17. The Bertz CT molecular complexity index is 592. The molecule has 0 aliphatic rings. The third kappa shape index (κ3) is 6.43. The molecule has 2 heterocycles. The number of hydrogen-bond acceptors (Lipinski definition) is 5. The molecule has 2 aromatic rings. The second-order valence-electron chi connectivity index (χ2n) is 5.29. The number of carbonyl (C=O) groups is 1. The molecule has 23 heavy (non-hydrogen) atoms. The summed E-state index contributed by atoms with van der Waals surface area (Å²) in [5, 5.41) is 5.44. The van der Waals surface area contributed by atoms with Crippen molar-refractivity contribution in [3.05, 3.63) is 35.5 Å². The molecule has 2 rings (SSSR count). The standard InChI is InChI=1S/C15H20N4OS.2ClH/c1-10(2)7-11(8-16)18-14(20)13-9-21-15(19-13)12-5-3-4-6-17-12;;/h3-6,9-11H,7-8,16H2,1-2H3,(H,18,20);2*1H. The van der Waals surface area contributed by atoms with Gasteiger partial charge in [0.05, 0.1) is 5.69 Å². The number of aromatic nitrogens is 2. The maximum atomic E-state index is 12.2. The van der Waals surface area contributed by atoms with E-state index in [1.807, 2.05) is 18.2 Å². The van der Waals surface area contributed by atoms with Crippen LogP contribution in [0.2, 0.25) is 0 Å². The van der Waals surface area contributed by atoms with Crippen LogP contribution >= 0.6 is 36.2 Å². The van der Waals surface area contributed by atoms with Crippen LogP contribution in [0, 0.1) is 5.92 Å². The number of amides is 1. The fraction of sp³-hybridized carbons (Fsp3) is 0.400. The quantitative estimate of drug-likeness (QED) is 0.810. The molecule has 0 saturated heterocycles. The lowest BCUT2D eigenvalue weighted by Crippen LogP contribution is -2.41. The van der Waals surface area contributed by atoms with Crippen LogP contribution in [0.25, 0.3) is 10.7 Å². The summed E-state index contributed by atoms with van der Waals surface area (Å²) < 4.78 is 0. The normalized spacial score (nSPS) is 11.3. The molecular weight excluding hydrogens is 355 g/mol. The van der Waals surface area contributed by atoms with E-state index < -0.39 is 0 Å². The molecule has 2 aromatic heterocycles. The monoisotopic (exact) mass is 376 g/mol. The Morgan fingerprint density at radius 1 is 1.35 bits per heavy atom. The number of carbonyl (C=O) groups excluding carboxylic acids is 1. The van der Waals surface area contributed by atoms with Crippen LogP contribution in [0.3, 0.4) is 0 Å². The molecule has 8 heteroatoms. The fourth-order valence-corrected chi connectivity index (χ4v) is 2.80. The summed E-state index contributed by atoms with van der Waals surface area (Å²) >= 11 is 1.41. The van der Waals surface area contributed by atoms with Crippen LogP contribution in [-0.2, 0) is 0 Å². The Balaban J connectivity index is 0.00000242. The van der Waals surface area contributed by atoms with Crippen LogP contribution in [0.1, 0.15) is 30.8 Å². The van der Waals surface area contributed by atoms with E-state index in [0.29, 0.717) is 18.2 Å². The number of nitrogens with two attached hydrogens (primary N) is 1. The predicted molar refractivity (Wildman–Crippen MR) is 99.6 cm³/mol. The second kappa shape index (κ2) is 10.5. The number of halogens is 2. The zero-order valence-electron chi connectivity index (χ0n) is 13.1.